The standard InChI is InChI=1S/C10H14N2O4/c1-3-7(2)8-4-9(11(13)14)6-10(5-8)12(15)16/h4,6-8H,3,5H2,1-2H3. The molecule has 0 fully saturated rings. The Morgan fingerprint density at radius 1 is 1.44 bits per heavy atom. The van der Waals surface area contributed by atoms with E-state index in [0.29, 0.717) is 0 Å². The average Bonchev–Trinajstić information content (AvgIpc) is 2.27. The molecule has 16 heavy (non-hydrogen) atoms. The van der Waals surface area contributed by atoms with Crippen molar-refractivity contribution in [3.63, 3.8) is 0 Å². The van der Waals surface area contributed by atoms with Crippen LogP contribution in [0.2, 0.25) is 0 Å². The largest absolute Gasteiger partial charge is 0.272 e. The van der Waals surface area contributed by atoms with Crippen molar-refractivity contribution in [2.45, 2.75) is 26.7 Å². The van der Waals surface area contributed by atoms with E-state index in [0.717, 1.165) is 12.5 Å². The quantitative estimate of drug-likeness (QED) is 0.544. The predicted molar refractivity (Wildman–Crippen MR) is 57.7 cm³/mol. The van der Waals surface area contributed by atoms with Gasteiger partial charge in [0.1, 0.15) is 0 Å². The lowest BCUT2D eigenvalue weighted by molar-refractivity contribution is -0.439. The third-order valence-electron chi connectivity index (χ3n) is 2.96. The first-order valence-corrected chi connectivity index (χ1v) is 5.16. The number of hydrogen-bond acceptors (Lipinski definition) is 4. The first-order chi connectivity index (χ1) is 7.45. The summed E-state index contributed by atoms with van der Waals surface area (Å²) in [7, 11) is 0. The van der Waals surface area contributed by atoms with E-state index in [4.69, 9.17) is 0 Å². The fourth-order valence-corrected chi connectivity index (χ4v) is 1.71. The number of allylic oxidation sites excluding steroid dienone is 3. The van der Waals surface area contributed by atoms with Gasteiger partial charge in [-0.1, -0.05) is 20.3 Å². The number of rotatable bonds is 4. The van der Waals surface area contributed by atoms with Crippen LogP contribution >= 0.6 is 0 Å². The zero-order chi connectivity index (χ0) is 12.3. The molecule has 0 heterocycles. The summed E-state index contributed by atoms with van der Waals surface area (Å²) in [6.45, 7) is 3.91. The van der Waals surface area contributed by atoms with Gasteiger partial charge in [-0.25, -0.2) is 0 Å². The highest BCUT2D eigenvalue weighted by Crippen LogP contribution is 2.30. The van der Waals surface area contributed by atoms with E-state index in [1.165, 1.54) is 6.08 Å². The van der Waals surface area contributed by atoms with Crippen molar-refractivity contribution >= 4 is 0 Å². The Balaban J connectivity index is 3.00. The lowest BCUT2D eigenvalue weighted by Gasteiger charge is -2.19. The summed E-state index contributed by atoms with van der Waals surface area (Å²) < 4.78 is 0. The molecular weight excluding hydrogens is 212 g/mol. The molecule has 0 aromatic rings. The number of nitro groups is 2. The highest BCUT2D eigenvalue weighted by molar-refractivity contribution is 5.21. The smallest absolute Gasteiger partial charge is 0.259 e. The summed E-state index contributed by atoms with van der Waals surface area (Å²) in [5.74, 6) is 0.0920. The van der Waals surface area contributed by atoms with Crippen LogP contribution in [-0.4, -0.2) is 9.85 Å². The molecule has 0 aromatic heterocycles. The minimum Gasteiger partial charge on any atom is -0.259 e. The van der Waals surface area contributed by atoms with Crippen molar-refractivity contribution in [3.05, 3.63) is 43.8 Å². The van der Waals surface area contributed by atoms with Crippen LogP contribution in [0.25, 0.3) is 0 Å². The molecule has 0 amide bonds. The molecule has 0 N–H and O–H groups in total. The maximum atomic E-state index is 10.7. The van der Waals surface area contributed by atoms with E-state index < -0.39 is 9.85 Å². The topological polar surface area (TPSA) is 86.3 Å². The van der Waals surface area contributed by atoms with Crippen LogP contribution < -0.4 is 0 Å². The molecule has 0 saturated carbocycles. The van der Waals surface area contributed by atoms with Crippen LogP contribution in [0.1, 0.15) is 26.7 Å². The maximum absolute atomic E-state index is 10.7. The number of nitrogens with zero attached hydrogens (tertiary/aromatic N) is 2. The molecule has 6 heteroatoms. The molecule has 1 aliphatic rings. The molecule has 0 radical (unpaired) electrons. The van der Waals surface area contributed by atoms with Gasteiger partial charge in [0.15, 0.2) is 0 Å². The second-order valence-corrected chi connectivity index (χ2v) is 3.99. The van der Waals surface area contributed by atoms with Gasteiger partial charge in [-0.15, -0.1) is 0 Å². The normalized spacial score (nSPS) is 22.0. The van der Waals surface area contributed by atoms with E-state index in [9.17, 15) is 20.2 Å². The third kappa shape index (κ3) is 2.65. The molecule has 2 unspecified atom stereocenters. The number of hydrogen-bond donors (Lipinski definition) is 0. The molecule has 0 spiro atoms. The summed E-state index contributed by atoms with van der Waals surface area (Å²) in [5, 5.41) is 21.3. The summed E-state index contributed by atoms with van der Waals surface area (Å²) >= 11 is 0. The van der Waals surface area contributed by atoms with Gasteiger partial charge in [-0.05, 0) is 17.9 Å². The van der Waals surface area contributed by atoms with Gasteiger partial charge < -0.3 is 0 Å². The molecule has 88 valence electrons. The Labute approximate surface area is 92.9 Å². The van der Waals surface area contributed by atoms with Gasteiger partial charge in [0.25, 0.3) is 11.4 Å². The Morgan fingerprint density at radius 2 is 2.06 bits per heavy atom. The monoisotopic (exact) mass is 226 g/mol. The minimum absolute atomic E-state index is 0.0699. The van der Waals surface area contributed by atoms with Crippen LogP contribution in [0.5, 0.6) is 0 Å². The summed E-state index contributed by atoms with van der Waals surface area (Å²) in [6.07, 6.45) is 3.70. The first-order valence-electron chi connectivity index (χ1n) is 5.16. The molecule has 2 atom stereocenters. The molecule has 0 bridgehead atoms. The van der Waals surface area contributed by atoms with Gasteiger partial charge in [-0.3, -0.25) is 20.2 Å². The Hall–Kier alpha value is -1.72. The van der Waals surface area contributed by atoms with Gasteiger partial charge in [-0.2, -0.15) is 0 Å². The van der Waals surface area contributed by atoms with Crippen molar-refractivity contribution in [1.82, 2.24) is 0 Å². The van der Waals surface area contributed by atoms with E-state index in [2.05, 4.69) is 0 Å². The average molecular weight is 226 g/mol. The van der Waals surface area contributed by atoms with E-state index >= 15 is 0 Å². The summed E-state index contributed by atoms with van der Waals surface area (Å²) in [4.78, 5) is 20.2. The maximum Gasteiger partial charge on any atom is 0.272 e. The highest BCUT2D eigenvalue weighted by Gasteiger charge is 2.30. The SMILES string of the molecule is CCC(C)C1C=C([N+](=O)[O-])C=C([N+](=O)[O-])C1. The molecule has 6 nitrogen and oxygen atoms in total. The molecule has 1 aliphatic carbocycles. The van der Waals surface area contributed by atoms with Crippen LogP contribution in [0, 0.1) is 32.1 Å². The lowest BCUT2D eigenvalue weighted by atomic mass is 9.84. The van der Waals surface area contributed by atoms with Gasteiger partial charge in [0, 0.05) is 6.42 Å². The third-order valence-corrected chi connectivity index (χ3v) is 2.96. The van der Waals surface area contributed by atoms with Crippen molar-refractivity contribution in [3.8, 4) is 0 Å². The van der Waals surface area contributed by atoms with Gasteiger partial charge in [0.2, 0.25) is 0 Å². The van der Waals surface area contributed by atoms with Gasteiger partial charge in [0.05, 0.1) is 15.9 Å². The van der Waals surface area contributed by atoms with Crippen molar-refractivity contribution in [2.75, 3.05) is 0 Å². The van der Waals surface area contributed by atoms with E-state index in [1.54, 1.807) is 0 Å². The summed E-state index contributed by atoms with van der Waals surface area (Å²) in [5.41, 5.74) is -0.234. The second-order valence-electron chi connectivity index (χ2n) is 3.99. The first kappa shape index (κ1) is 12.4. The van der Waals surface area contributed by atoms with Crippen molar-refractivity contribution in [2.24, 2.45) is 11.8 Å². The molecule has 1 rings (SSSR count). The fourth-order valence-electron chi connectivity index (χ4n) is 1.71. The molecule has 0 aliphatic heterocycles. The molecule has 0 saturated heterocycles. The predicted octanol–water partition coefficient (Wildman–Crippen LogP) is 2.37. The summed E-state index contributed by atoms with van der Waals surface area (Å²) in [6, 6.07) is 0. The van der Waals surface area contributed by atoms with E-state index in [1.807, 2.05) is 13.8 Å². The van der Waals surface area contributed by atoms with Crippen LogP contribution in [0.3, 0.4) is 0 Å². The Kier molecular flexibility index (Phi) is 3.76. The Morgan fingerprint density at radius 3 is 2.50 bits per heavy atom. The van der Waals surface area contributed by atoms with Crippen LogP contribution in [-0.2, 0) is 0 Å². The second kappa shape index (κ2) is 4.87. The van der Waals surface area contributed by atoms with Crippen molar-refractivity contribution < 1.29 is 9.85 Å². The van der Waals surface area contributed by atoms with E-state index in [-0.39, 0.29) is 29.7 Å². The zero-order valence-electron chi connectivity index (χ0n) is 9.25. The zero-order valence-corrected chi connectivity index (χ0v) is 9.25. The fraction of sp³-hybridized carbons (Fsp3) is 0.600. The van der Waals surface area contributed by atoms with Crippen LogP contribution in [0.15, 0.2) is 23.5 Å². The highest BCUT2D eigenvalue weighted by atomic mass is 16.6. The molecule has 0 aromatic carbocycles. The molecular formula is C10H14N2O4. The van der Waals surface area contributed by atoms with Crippen molar-refractivity contribution in [1.29, 1.82) is 0 Å². The lowest BCUT2D eigenvalue weighted by Crippen LogP contribution is -2.18. The minimum atomic E-state index is -0.571. The van der Waals surface area contributed by atoms with Crippen LogP contribution in [0.4, 0.5) is 0 Å². The van der Waals surface area contributed by atoms with Gasteiger partial charge >= 0.3 is 0 Å². The Bertz CT molecular complexity index is 373.